The average Bonchev–Trinajstić information content (AvgIpc) is 3.48. The third kappa shape index (κ3) is 4.50. The van der Waals surface area contributed by atoms with Crippen LogP contribution in [0.25, 0.3) is 0 Å². The van der Waals surface area contributed by atoms with Crippen LogP contribution < -0.4 is 15.0 Å². The minimum Gasteiger partial charge on any atom is -0.427 e. The third-order valence-corrected chi connectivity index (χ3v) is 7.20. The molecule has 3 aromatic rings. The third-order valence-electron chi connectivity index (χ3n) is 6.46. The van der Waals surface area contributed by atoms with Crippen molar-refractivity contribution in [1.29, 1.82) is 0 Å². The number of carbonyl (C=O) groups is 2. The highest BCUT2D eigenvalue weighted by Crippen LogP contribution is 2.46. The Kier molecular flexibility index (Phi) is 6.00. The lowest BCUT2D eigenvalue weighted by molar-refractivity contribution is -0.131. The number of nitrogens with zero attached hydrogens (tertiary/aromatic N) is 1. The Hall–Kier alpha value is -3.02. The maximum Gasteiger partial charge on any atom is 0.308 e. The number of rotatable bonds is 6. The number of esters is 1. The Morgan fingerprint density at radius 3 is 2.47 bits per heavy atom. The second-order valence-electron chi connectivity index (χ2n) is 8.89. The zero-order chi connectivity index (χ0) is 23.9. The maximum absolute atomic E-state index is 13.5. The summed E-state index contributed by atoms with van der Waals surface area (Å²) in [4.78, 5) is 26.9. The van der Waals surface area contributed by atoms with E-state index in [2.05, 4.69) is 16.3 Å². The molecule has 0 saturated heterocycles. The van der Waals surface area contributed by atoms with Crippen LogP contribution in [0.4, 0.5) is 5.69 Å². The minimum absolute atomic E-state index is 0.0838. The van der Waals surface area contributed by atoms with Crippen LogP contribution in [0.5, 0.6) is 5.75 Å². The molecule has 0 unspecified atom stereocenters. The van der Waals surface area contributed by atoms with Crippen molar-refractivity contribution in [3.05, 3.63) is 93.0 Å². The number of anilines is 1. The Morgan fingerprint density at radius 1 is 1.03 bits per heavy atom. The lowest BCUT2D eigenvalue weighted by Gasteiger charge is -2.24. The van der Waals surface area contributed by atoms with Gasteiger partial charge in [-0.05, 0) is 66.3 Å². The summed E-state index contributed by atoms with van der Waals surface area (Å²) in [6, 6.07) is 18.9. The van der Waals surface area contributed by atoms with Gasteiger partial charge in [-0.2, -0.15) is 0 Å². The van der Waals surface area contributed by atoms with Crippen molar-refractivity contribution in [1.82, 2.24) is 5.32 Å². The first-order chi connectivity index (χ1) is 16.3. The van der Waals surface area contributed by atoms with E-state index in [0.29, 0.717) is 27.9 Å². The maximum atomic E-state index is 13.5. The van der Waals surface area contributed by atoms with E-state index in [4.69, 9.17) is 27.9 Å². The lowest BCUT2D eigenvalue weighted by atomic mass is 10.0. The summed E-state index contributed by atoms with van der Waals surface area (Å²) in [5.41, 5.74) is 4.50. The monoisotopic (exact) mass is 494 g/mol. The molecule has 1 aliphatic carbocycles. The van der Waals surface area contributed by atoms with E-state index in [1.807, 2.05) is 36.4 Å². The molecule has 2 aliphatic rings. The van der Waals surface area contributed by atoms with Gasteiger partial charge >= 0.3 is 5.97 Å². The minimum atomic E-state index is -0.387. The van der Waals surface area contributed by atoms with Crippen molar-refractivity contribution in [3.63, 3.8) is 0 Å². The zero-order valence-corrected chi connectivity index (χ0v) is 20.2. The molecule has 3 aromatic carbocycles. The van der Waals surface area contributed by atoms with Crippen LogP contribution in [0.3, 0.4) is 0 Å². The Balaban J connectivity index is 1.37. The first-order valence-corrected chi connectivity index (χ1v) is 12.0. The molecule has 5 rings (SSSR count). The largest absolute Gasteiger partial charge is 0.427 e. The van der Waals surface area contributed by atoms with Crippen molar-refractivity contribution >= 4 is 40.8 Å². The summed E-state index contributed by atoms with van der Waals surface area (Å²) >= 11 is 12.3. The topological polar surface area (TPSA) is 58.6 Å². The number of benzene rings is 3. The first-order valence-electron chi connectivity index (χ1n) is 11.3. The summed E-state index contributed by atoms with van der Waals surface area (Å²) in [5.74, 6) is 0.0576. The van der Waals surface area contributed by atoms with Crippen molar-refractivity contribution in [2.75, 3.05) is 11.4 Å². The van der Waals surface area contributed by atoms with Gasteiger partial charge in [-0.25, -0.2) is 0 Å². The van der Waals surface area contributed by atoms with Gasteiger partial charge in [0.2, 0.25) is 0 Å². The SMILES string of the molecule is CC(=O)Oc1ccc(C2(NC(=O)c3cccc4c3N(Cc3ccc(Cl)c(Cl)c3)CC4)CC2)cc1. The van der Waals surface area contributed by atoms with E-state index in [-0.39, 0.29) is 17.4 Å². The van der Waals surface area contributed by atoms with Gasteiger partial charge in [0.05, 0.1) is 26.8 Å². The molecule has 1 heterocycles. The van der Waals surface area contributed by atoms with Crippen molar-refractivity contribution < 1.29 is 14.3 Å². The highest BCUT2D eigenvalue weighted by atomic mass is 35.5. The fourth-order valence-electron chi connectivity index (χ4n) is 4.64. The molecule has 0 aromatic heterocycles. The quantitative estimate of drug-likeness (QED) is 0.342. The standard InChI is InChI=1S/C27H24Cl2N2O3/c1-17(32)34-21-8-6-20(7-9-21)27(12-13-27)30-26(33)22-4-2-3-19-11-14-31(25(19)22)16-18-5-10-23(28)24(29)15-18/h2-10,15H,11-14,16H2,1H3,(H,30,33). The van der Waals surface area contributed by atoms with Crippen molar-refractivity contribution in [2.45, 2.75) is 38.3 Å². The molecule has 0 spiro atoms. The Morgan fingerprint density at radius 2 is 1.79 bits per heavy atom. The van der Waals surface area contributed by atoms with Crippen LogP contribution in [-0.4, -0.2) is 18.4 Å². The molecule has 0 atom stereocenters. The normalized spacial score (nSPS) is 15.6. The van der Waals surface area contributed by atoms with Crippen LogP contribution in [0.2, 0.25) is 10.0 Å². The summed E-state index contributed by atoms with van der Waals surface area (Å²) in [7, 11) is 0. The van der Waals surface area contributed by atoms with Gasteiger partial charge < -0.3 is 15.0 Å². The van der Waals surface area contributed by atoms with Crippen LogP contribution in [0.1, 0.15) is 46.8 Å². The molecule has 1 N–H and O–H groups in total. The number of amides is 1. The smallest absolute Gasteiger partial charge is 0.308 e. The number of fused-ring (bicyclic) bond motifs is 1. The van der Waals surface area contributed by atoms with E-state index in [1.165, 1.54) is 12.5 Å². The lowest BCUT2D eigenvalue weighted by Crippen LogP contribution is -2.35. The molecule has 5 nitrogen and oxygen atoms in total. The van der Waals surface area contributed by atoms with Crippen LogP contribution in [0, 0.1) is 0 Å². The Labute approximate surface area is 208 Å². The highest BCUT2D eigenvalue weighted by molar-refractivity contribution is 6.42. The number of nitrogens with one attached hydrogen (secondary N) is 1. The van der Waals surface area contributed by atoms with Gasteiger partial charge in [-0.15, -0.1) is 0 Å². The highest BCUT2D eigenvalue weighted by Gasteiger charge is 2.46. The van der Waals surface area contributed by atoms with Gasteiger partial charge in [0.1, 0.15) is 5.75 Å². The van der Waals surface area contributed by atoms with E-state index in [9.17, 15) is 9.59 Å². The summed E-state index contributed by atoms with van der Waals surface area (Å²) < 4.78 is 5.13. The molecular weight excluding hydrogens is 471 g/mol. The Bertz CT molecular complexity index is 1270. The number of carbonyl (C=O) groups excluding carboxylic acids is 2. The van der Waals surface area contributed by atoms with Gasteiger partial charge in [-0.3, -0.25) is 9.59 Å². The summed E-state index contributed by atoms with van der Waals surface area (Å²) in [6.45, 7) is 2.86. The average molecular weight is 495 g/mol. The molecule has 0 radical (unpaired) electrons. The van der Waals surface area contributed by atoms with Gasteiger partial charge in [0, 0.05) is 20.0 Å². The molecule has 1 amide bonds. The number of hydrogen-bond acceptors (Lipinski definition) is 4. The zero-order valence-electron chi connectivity index (χ0n) is 18.7. The van der Waals surface area contributed by atoms with Crippen LogP contribution >= 0.6 is 23.2 Å². The van der Waals surface area contributed by atoms with Crippen LogP contribution in [-0.2, 0) is 23.3 Å². The van der Waals surface area contributed by atoms with E-state index < -0.39 is 0 Å². The second-order valence-corrected chi connectivity index (χ2v) is 9.70. The molecular formula is C27H24Cl2N2O3. The molecule has 1 fully saturated rings. The predicted molar refractivity (Wildman–Crippen MR) is 134 cm³/mol. The fraction of sp³-hybridized carbons (Fsp3) is 0.259. The van der Waals surface area contributed by atoms with Crippen molar-refractivity contribution in [2.24, 2.45) is 0 Å². The number of hydrogen-bond donors (Lipinski definition) is 1. The number of halogens is 2. The fourth-order valence-corrected chi connectivity index (χ4v) is 4.96. The number of ether oxygens (including phenoxy) is 1. The second kappa shape index (κ2) is 8.97. The first kappa shape index (κ1) is 22.8. The predicted octanol–water partition coefficient (Wildman–Crippen LogP) is 5.90. The summed E-state index contributed by atoms with van der Waals surface area (Å²) in [6.07, 6.45) is 2.63. The van der Waals surface area contributed by atoms with Gasteiger partial charge in [-0.1, -0.05) is 53.5 Å². The van der Waals surface area contributed by atoms with E-state index in [1.54, 1.807) is 18.2 Å². The van der Waals surface area contributed by atoms with Crippen molar-refractivity contribution in [3.8, 4) is 5.75 Å². The molecule has 1 aliphatic heterocycles. The molecule has 1 saturated carbocycles. The van der Waals surface area contributed by atoms with E-state index in [0.717, 1.165) is 42.6 Å². The molecule has 174 valence electrons. The van der Waals surface area contributed by atoms with Gasteiger partial charge in [0.25, 0.3) is 5.91 Å². The van der Waals surface area contributed by atoms with Gasteiger partial charge in [0.15, 0.2) is 0 Å². The summed E-state index contributed by atoms with van der Waals surface area (Å²) in [5, 5.41) is 4.34. The van der Waals surface area contributed by atoms with E-state index >= 15 is 0 Å². The molecule has 7 heteroatoms. The molecule has 0 bridgehead atoms. The van der Waals surface area contributed by atoms with Crippen LogP contribution in [0.15, 0.2) is 60.7 Å². The number of para-hydroxylation sites is 1. The molecule has 34 heavy (non-hydrogen) atoms.